The SMILES string of the molecule is C[C@](CN)(CC(CCc1ccccc1)S(=O)O)c1cccc(C(N)N)c1. The van der Waals surface area contributed by atoms with Crippen molar-refractivity contribution in [1.29, 1.82) is 0 Å². The van der Waals surface area contributed by atoms with Crippen LogP contribution in [0.2, 0.25) is 0 Å². The molecule has 0 aromatic heterocycles. The van der Waals surface area contributed by atoms with Crippen molar-refractivity contribution in [2.24, 2.45) is 17.2 Å². The van der Waals surface area contributed by atoms with E-state index in [1.165, 1.54) is 0 Å². The van der Waals surface area contributed by atoms with E-state index in [0.29, 0.717) is 19.4 Å². The smallest absolute Gasteiger partial charge is 0.156 e. The van der Waals surface area contributed by atoms with Crippen molar-refractivity contribution in [1.82, 2.24) is 0 Å². The predicted octanol–water partition coefficient (Wildman–Crippen LogP) is 2.43. The van der Waals surface area contributed by atoms with Crippen molar-refractivity contribution in [3.63, 3.8) is 0 Å². The van der Waals surface area contributed by atoms with E-state index in [9.17, 15) is 8.76 Å². The lowest BCUT2D eigenvalue weighted by atomic mass is 9.77. The van der Waals surface area contributed by atoms with Gasteiger partial charge in [0.05, 0.1) is 11.4 Å². The van der Waals surface area contributed by atoms with E-state index in [4.69, 9.17) is 17.2 Å². The Morgan fingerprint density at radius 2 is 1.81 bits per heavy atom. The van der Waals surface area contributed by atoms with Crippen LogP contribution in [0.1, 0.15) is 42.6 Å². The van der Waals surface area contributed by atoms with Crippen LogP contribution in [0.15, 0.2) is 54.6 Å². The predicted molar refractivity (Wildman–Crippen MR) is 108 cm³/mol. The third-order valence-corrected chi connectivity index (χ3v) is 5.95. The molecular weight excluding hydrogens is 346 g/mol. The first kappa shape index (κ1) is 20.7. The first-order chi connectivity index (χ1) is 12.4. The minimum atomic E-state index is -1.92. The molecule has 0 heterocycles. The summed E-state index contributed by atoms with van der Waals surface area (Å²) in [6.07, 6.45) is 1.34. The highest BCUT2D eigenvalue weighted by molar-refractivity contribution is 7.79. The Morgan fingerprint density at radius 1 is 1.12 bits per heavy atom. The van der Waals surface area contributed by atoms with E-state index >= 15 is 0 Å². The number of rotatable bonds is 9. The third-order valence-electron chi connectivity index (χ3n) is 4.98. The molecule has 6 heteroatoms. The van der Waals surface area contributed by atoms with Gasteiger partial charge in [-0.15, -0.1) is 0 Å². The highest BCUT2D eigenvalue weighted by Gasteiger charge is 2.31. The maximum Gasteiger partial charge on any atom is 0.156 e. The van der Waals surface area contributed by atoms with Crippen molar-refractivity contribution >= 4 is 11.1 Å². The lowest BCUT2D eigenvalue weighted by Crippen LogP contribution is -2.37. The normalized spacial score (nSPS) is 16.2. The molecule has 0 aliphatic heterocycles. The molecule has 0 saturated heterocycles. The Labute approximate surface area is 158 Å². The summed E-state index contributed by atoms with van der Waals surface area (Å²) < 4.78 is 21.8. The topological polar surface area (TPSA) is 115 Å². The van der Waals surface area contributed by atoms with Crippen molar-refractivity contribution < 1.29 is 8.76 Å². The van der Waals surface area contributed by atoms with Gasteiger partial charge in [0, 0.05) is 12.0 Å². The summed E-state index contributed by atoms with van der Waals surface area (Å²) in [6.45, 7) is 2.39. The first-order valence-corrected chi connectivity index (χ1v) is 9.98. The molecule has 2 rings (SSSR count). The lowest BCUT2D eigenvalue weighted by molar-refractivity contribution is 0.413. The molecule has 5 nitrogen and oxygen atoms in total. The zero-order valence-electron chi connectivity index (χ0n) is 15.2. The molecule has 26 heavy (non-hydrogen) atoms. The van der Waals surface area contributed by atoms with Crippen LogP contribution in [0.25, 0.3) is 0 Å². The molecule has 2 aromatic carbocycles. The summed E-state index contributed by atoms with van der Waals surface area (Å²) in [6, 6.07) is 17.7. The van der Waals surface area contributed by atoms with E-state index in [-0.39, 0.29) is 5.25 Å². The largest absolute Gasteiger partial charge is 0.330 e. The number of hydrogen-bond acceptors (Lipinski definition) is 4. The van der Waals surface area contributed by atoms with Gasteiger partial charge in [0.25, 0.3) is 0 Å². The Balaban J connectivity index is 2.18. The summed E-state index contributed by atoms with van der Waals surface area (Å²) in [4.78, 5) is 0. The third kappa shape index (κ3) is 5.46. The zero-order chi connectivity index (χ0) is 19.2. The van der Waals surface area contributed by atoms with Gasteiger partial charge < -0.3 is 21.8 Å². The molecule has 0 spiro atoms. The Morgan fingerprint density at radius 3 is 2.38 bits per heavy atom. The Bertz CT molecular complexity index is 724. The van der Waals surface area contributed by atoms with Crippen LogP contribution in [0.4, 0.5) is 0 Å². The Hall–Kier alpha value is -1.57. The molecule has 0 bridgehead atoms. The molecule has 7 N–H and O–H groups in total. The van der Waals surface area contributed by atoms with E-state index in [0.717, 1.165) is 23.1 Å². The van der Waals surface area contributed by atoms with E-state index in [1.54, 1.807) is 0 Å². The standard InChI is InChI=1S/C20H29N3O2S/c1-20(14-21,17-9-5-8-16(12-17)19(22)23)13-18(26(24)25)11-10-15-6-3-2-4-7-15/h2-9,12,18-19H,10-11,13-14,21-23H2,1H3,(H,24,25)/t18?,20-/m1/s1. The van der Waals surface area contributed by atoms with Crippen molar-refractivity contribution in [2.45, 2.75) is 43.0 Å². The second-order valence-electron chi connectivity index (χ2n) is 7.04. The maximum atomic E-state index is 12.0. The minimum Gasteiger partial charge on any atom is -0.330 e. The number of aryl methyl sites for hydroxylation is 1. The molecule has 0 saturated carbocycles. The highest BCUT2D eigenvalue weighted by Crippen LogP contribution is 2.32. The fourth-order valence-electron chi connectivity index (χ4n) is 3.19. The summed E-state index contributed by atoms with van der Waals surface area (Å²) in [7, 11) is 0. The minimum absolute atomic E-state index is 0.362. The molecular formula is C20H29N3O2S. The van der Waals surface area contributed by atoms with Crippen molar-refractivity contribution in [3.8, 4) is 0 Å². The van der Waals surface area contributed by atoms with Crippen molar-refractivity contribution in [2.75, 3.05) is 6.54 Å². The quantitative estimate of drug-likeness (QED) is 0.397. The second kappa shape index (κ2) is 9.39. The fourth-order valence-corrected chi connectivity index (χ4v) is 4.02. The van der Waals surface area contributed by atoms with Gasteiger partial charge in [0.1, 0.15) is 0 Å². The number of nitrogens with two attached hydrogens (primary N) is 3. The van der Waals surface area contributed by atoms with E-state index in [2.05, 4.69) is 0 Å². The molecule has 0 amide bonds. The fraction of sp³-hybridized carbons (Fsp3) is 0.400. The van der Waals surface area contributed by atoms with Crippen LogP contribution < -0.4 is 17.2 Å². The maximum absolute atomic E-state index is 12.0. The molecule has 0 aliphatic rings. The van der Waals surface area contributed by atoms with Crippen LogP contribution in [0, 0.1) is 0 Å². The molecule has 2 aromatic rings. The lowest BCUT2D eigenvalue weighted by Gasteiger charge is -2.32. The van der Waals surface area contributed by atoms with Crippen molar-refractivity contribution in [3.05, 3.63) is 71.3 Å². The zero-order valence-corrected chi connectivity index (χ0v) is 16.0. The molecule has 142 valence electrons. The van der Waals surface area contributed by atoms with E-state index in [1.807, 2.05) is 61.5 Å². The van der Waals surface area contributed by atoms with Gasteiger partial charge in [0.2, 0.25) is 0 Å². The average molecular weight is 376 g/mol. The van der Waals surface area contributed by atoms with Crippen LogP contribution in [-0.4, -0.2) is 20.6 Å². The van der Waals surface area contributed by atoms with Crippen LogP contribution in [-0.2, 0) is 22.9 Å². The van der Waals surface area contributed by atoms with Crippen LogP contribution in [0.3, 0.4) is 0 Å². The van der Waals surface area contributed by atoms with Crippen LogP contribution in [0.5, 0.6) is 0 Å². The van der Waals surface area contributed by atoms with Gasteiger partial charge in [-0.1, -0.05) is 61.5 Å². The second-order valence-corrected chi connectivity index (χ2v) is 8.26. The number of benzene rings is 2. The molecule has 3 atom stereocenters. The van der Waals surface area contributed by atoms with Crippen LogP contribution >= 0.6 is 0 Å². The Kier molecular flexibility index (Phi) is 7.49. The van der Waals surface area contributed by atoms with Gasteiger partial charge >= 0.3 is 0 Å². The first-order valence-electron chi connectivity index (χ1n) is 8.81. The average Bonchev–Trinajstić information content (AvgIpc) is 2.65. The molecule has 0 fully saturated rings. The summed E-state index contributed by atoms with van der Waals surface area (Å²) in [5.74, 6) is 0. The molecule has 0 radical (unpaired) electrons. The van der Waals surface area contributed by atoms with Gasteiger partial charge in [-0.05, 0) is 36.0 Å². The summed E-state index contributed by atoms with van der Waals surface area (Å²) in [5, 5.41) is -0.362. The van der Waals surface area contributed by atoms with Gasteiger partial charge in [-0.3, -0.25) is 0 Å². The molecule has 2 unspecified atom stereocenters. The summed E-state index contributed by atoms with van der Waals surface area (Å²) in [5.41, 5.74) is 20.2. The van der Waals surface area contributed by atoms with E-state index < -0.39 is 22.7 Å². The molecule has 0 aliphatic carbocycles. The van der Waals surface area contributed by atoms with Gasteiger partial charge in [-0.25, -0.2) is 4.21 Å². The monoisotopic (exact) mass is 375 g/mol. The summed E-state index contributed by atoms with van der Waals surface area (Å²) >= 11 is -1.92. The highest BCUT2D eigenvalue weighted by atomic mass is 32.2. The number of hydrogen-bond donors (Lipinski definition) is 4. The van der Waals surface area contributed by atoms with Gasteiger partial charge in [-0.2, -0.15) is 0 Å². The van der Waals surface area contributed by atoms with Gasteiger partial charge in [0.15, 0.2) is 11.1 Å².